The molecular formula is C9H6BrF3N2O3. The molecule has 0 heterocycles. The summed E-state index contributed by atoms with van der Waals surface area (Å²) < 4.78 is 38.0. The number of carbonyl (C=O) groups is 1. The van der Waals surface area contributed by atoms with E-state index >= 15 is 0 Å². The summed E-state index contributed by atoms with van der Waals surface area (Å²) in [6.07, 6.45) is -4.81. The van der Waals surface area contributed by atoms with Crippen molar-refractivity contribution in [2.75, 3.05) is 5.32 Å². The van der Waals surface area contributed by atoms with Crippen LogP contribution in [0.15, 0.2) is 16.6 Å². The molecule has 0 aromatic heterocycles. The van der Waals surface area contributed by atoms with E-state index in [2.05, 4.69) is 15.9 Å². The van der Waals surface area contributed by atoms with Gasteiger partial charge in [0.1, 0.15) is 0 Å². The van der Waals surface area contributed by atoms with Crippen LogP contribution in [0, 0.1) is 10.1 Å². The number of rotatable bonds is 2. The van der Waals surface area contributed by atoms with Crippen LogP contribution in [0.5, 0.6) is 0 Å². The van der Waals surface area contributed by atoms with E-state index in [1.54, 1.807) is 0 Å². The molecule has 5 nitrogen and oxygen atoms in total. The average Bonchev–Trinajstić information content (AvgIpc) is 2.17. The fourth-order valence-electron chi connectivity index (χ4n) is 1.22. The van der Waals surface area contributed by atoms with Crippen molar-refractivity contribution in [3.63, 3.8) is 0 Å². The number of carbonyl (C=O) groups excluding carboxylic acids is 1. The van der Waals surface area contributed by atoms with E-state index in [1.807, 2.05) is 5.32 Å². The first kappa shape index (κ1) is 14.4. The number of amides is 1. The van der Waals surface area contributed by atoms with Gasteiger partial charge in [-0.15, -0.1) is 0 Å². The van der Waals surface area contributed by atoms with E-state index in [-0.39, 0.29) is 4.47 Å². The molecule has 1 aromatic rings. The van der Waals surface area contributed by atoms with Gasteiger partial charge in [-0.2, -0.15) is 13.2 Å². The summed E-state index contributed by atoms with van der Waals surface area (Å²) in [6.45, 7) is 1.04. The van der Waals surface area contributed by atoms with E-state index in [4.69, 9.17) is 0 Å². The molecule has 9 heteroatoms. The molecule has 1 amide bonds. The predicted molar refractivity (Wildman–Crippen MR) is 60.1 cm³/mol. The third-order valence-corrected chi connectivity index (χ3v) is 2.52. The summed E-state index contributed by atoms with van der Waals surface area (Å²) in [4.78, 5) is 20.4. The van der Waals surface area contributed by atoms with Crippen molar-refractivity contribution in [1.29, 1.82) is 0 Å². The highest BCUT2D eigenvalue weighted by atomic mass is 79.9. The molecule has 0 saturated heterocycles. The second kappa shape index (κ2) is 4.92. The van der Waals surface area contributed by atoms with Crippen LogP contribution in [0.25, 0.3) is 0 Å². The van der Waals surface area contributed by atoms with E-state index in [9.17, 15) is 28.1 Å². The molecular weight excluding hydrogens is 321 g/mol. The summed E-state index contributed by atoms with van der Waals surface area (Å²) in [5.74, 6) is -0.713. The highest BCUT2D eigenvalue weighted by Crippen LogP contribution is 2.41. The molecule has 1 rings (SSSR count). The lowest BCUT2D eigenvalue weighted by atomic mass is 10.1. The van der Waals surface area contributed by atoms with Crippen LogP contribution in [0.1, 0.15) is 12.5 Å². The maximum absolute atomic E-state index is 12.7. The lowest BCUT2D eigenvalue weighted by Gasteiger charge is -2.14. The normalized spacial score (nSPS) is 11.2. The standard InChI is InChI=1S/C9H6BrF3N2O3/c1-4(16)14-8-6(9(11,12)13)2-5(15(17)18)3-7(8)10/h2-3H,1H3,(H,14,16). The molecule has 0 aliphatic carbocycles. The Hall–Kier alpha value is -1.64. The van der Waals surface area contributed by atoms with Crippen LogP contribution in [0.2, 0.25) is 0 Å². The quantitative estimate of drug-likeness (QED) is 0.669. The molecule has 0 aliphatic rings. The maximum Gasteiger partial charge on any atom is 0.418 e. The molecule has 98 valence electrons. The minimum atomic E-state index is -4.81. The molecule has 0 fully saturated rings. The number of nitrogens with zero attached hydrogens (tertiary/aromatic N) is 1. The van der Waals surface area contributed by atoms with E-state index < -0.39 is 33.9 Å². The largest absolute Gasteiger partial charge is 0.418 e. The third kappa shape index (κ3) is 3.19. The number of nitro groups is 1. The minimum absolute atomic E-state index is 0.209. The fraction of sp³-hybridized carbons (Fsp3) is 0.222. The van der Waals surface area contributed by atoms with Crippen molar-refractivity contribution < 1.29 is 22.9 Å². The molecule has 0 bridgehead atoms. The van der Waals surface area contributed by atoms with Gasteiger partial charge in [0.25, 0.3) is 5.69 Å². The van der Waals surface area contributed by atoms with Gasteiger partial charge in [-0.25, -0.2) is 0 Å². The number of halogens is 4. The summed E-state index contributed by atoms with van der Waals surface area (Å²) in [5, 5.41) is 12.5. The molecule has 0 radical (unpaired) electrons. The van der Waals surface area contributed by atoms with Gasteiger partial charge in [0.2, 0.25) is 5.91 Å². The Bertz CT molecular complexity index is 517. The molecule has 0 saturated carbocycles. The van der Waals surface area contributed by atoms with Crippen molar-refractivity contribution in [2.45, 2.75) is 13.1 Å². The van der Waals surface area contributed by atoms with Gasteiger partial charge >= 0.3 is 6.18 Å². The number of non-ortho nitro benzene ring substituents is 1. The van der Waals surface area contributed by atoms with Crippen molar-refractivity contribution in [2.24, 2.45) is 0 Å². The van der Waals surface area contributed by atoms with E-state index in [0.29, 0.717) is 6.07 Å². The fourth-order valence-corrected chi connectivity index (χ4v) is 1.77. The Morgan fingerprint density at radius 2 is 2.00 bits per heavy atom. The lowest BCUT2D eigenvalue weighted by molar-refractivity contribution is -0.385. The number of alkyl halides is 3. The van der Waals surface area contributed by atoms with Gasteiger partial charge in [0.15, 0.2) is 0 Å². The zero-order valence-corrected chi connectivity index (χ0v) is 10.4. The topological polar surface area (TPSA) is 72.2 Å². The lowest BCUT2D eigenvalue weighted by Crippen LogP contribution is -2.15. The van der Waals surface area contributed by atoms with Crippen LogP contribution in [0.3, 0.4) is 0 Å². The summed E-state index contributed by atoms with van der Waals surface area (Å²) >= 11 is 2.77. The molecule has 0 atom stereocenters. The number of benzene rings is 1. The van der Waals surface area contributed by atoms with Gasteiger partial charge in [0, 0.05) is 23.5 Å². The van der Waals surface area contributed by atoms with Crippen LogP contribution in [-0.4, -0.2) is 10.8 Å². The highest BCUT2D eigenvalue weighted by Gasteiger charge is 2.36. The molecule has 1 N–H and O–H groups in total. The number of hydrogen-bond acceptors (Lipinski definition) is 3. The monoisotopic (exact) mass is 326 g/mol. The number of anilines is 1. The maximum atomic E-state index is 12.7. The molecule has 0 unspecified atom stereocenters. The van der Waals surface area contributed by atoms with Crippen molar-refractivity contribution in [1.82, 2.24) is 0 Å². The zero-order valence-electron chi connectivity index (χ0n) is 8.84. The summed E-state index contributed by atoms with van der Waals surface area (Å²) in [6, 6.07) is 1.26. The Labute approximate surface area is 107 Å². The van der Waals surface area contributed by atoms with Crippen LogP contribution in [0.4, 0.5) is 24.5 Å². The minimum Gasteiger partial charge on any atom is -0.325 e. The Morgan fingerprint density at radius 1 is 1.44 bits per heavy atom. The van der Waals surface area contributed by atoms with Crippen LogP contribution < -0.4 is 5.32 Å². The van der Waals surface area contributed by atoms with Crippen LogP contribution in [-0.2, 0) is 11.0 Å². The van der Waals surface area contributed by atoms with E-state index in [1.165, 1.54) is 0 Å². The first-order valence-corrected chi connectivity index (χ1v) is 5.25. The molecule has 1 aromatic carbocycles. The van der Waals surface area contributed by atoms with Gasteiger partial charge in [-0.3, -0.25) is 14.9 Å². The summed E-state index contributed by atoms with van der Waals surface area (Å²) in [7, 11) is 0. The number of nitrogens with one attached hydrogen (secondary N) is 1. The Balaban J connectivity index is 3.49. The Kier molecular flexibility index (Phi) is 3.95. The summed E-state index contributed by atoms with van der Waals surface area (Å²) in [5.41, 5.74) is -2.54. The highest BCUT2D eigenvalue weighted by molar-refractivity contribution is 9.10. The molecule has 18 heavy (non-hydrogen) atoms. The second-order valence-electron chi connectivity index (χ2n) is 3.29. The second-order valence-corrected chi connectivity index (χ2v) is 4.14. The molecule has 0 aliphatic heterocycles. The molecule has 0 spiro atoms. The predicted octanol–water partition coefficient (Wildman–Crippen LogP) is 3.33. The first-order valence-electron chi connectivity index (χ1n) is 4.45. The smallest absolute Gasteiger partial charge is 0.325 e. The van der Waals surface area contributed by atoms with Gasteiger partial charge < -0.3 is 5.32 Å². The third-order valence-electron chi connectivity index (χ3n) is 1.89. The van der Waals surface area contributed by atoms with E-state index in [0.717, 1.165) is 13.0 Å². The van der Waals surface area contributed by atoms with Crippen LogP contribution >= 0.6 is 15.9 Å². The van der Waals surface area contributed by atoms with Crippen molar-refractivity contribution in [3.8, 4) is 0 Å². The average molecular weight is 327 g/mol. The zero-order chi connectivity index (χ0) is 14.1. The van der Waals surface area contributed by atoms with Gasteiger partial charge in [-0.1, -0.05) is 0 Å². The van der Waals surface area contributed by atoms with Crippen molar-refractivity contribution in [3.05, 3.63) is 32.3 Å². The van der Waals surface area contributed by atoms with Gasteiger partial charge in [0.05, 0.1) is 16.2 Å². The van der Waals surface area contributed by atoms with Gasteiger partial charge in [-0.05, 0) is 15.9 Å². The SMILES string of the molecule is CC(=O)Nc1c(Br)cc([N+](=O)[O-])cc1C(F)(F)F. The number of nitro benzene ring substituents is 1. The van der Waals surface area contributed by atoms with Crippen molar-refractivity contribution >= 4 is 33.2 Å². The first-order chi connectivity index (χ1) is 8.12. The number of hydrogen-bond donors (Lipinski definition) is 1. The Morgan fingerprint density at radius 3 is 2.39 bits per heavy atom.